The van der Waals surface area contributed by atoms with Gasteiger partial charge in [-0.05, 0) is 39.5 Å². The molecule has 10 heteroatoms. The number of quaternary nitrogens is 1. The van der Waals surface area contributed by atoms with E-state index in [2.05, 4.69) is 0 Å². The molecule has 1 aromatic rings. The second-order valence-corrected chi connectivity index (χ2v) is 10.7. The van der Waals surface area contributed by atoms with Crippen LogP contribution in [0.5, 0.6) is 0 Å². The Kier molecular flexibility index (Phi) is 8.11. The van der Waals surface area contributed by atoms with Crippen LogP contribution in [0.3, 0.4) is 0 Å². The number of fused-ring (bicyclic) bond motifs is 1. The van der Waals surface area contributed by atoms with Crippen LogP contribution >= 0.6 is 7.75 Å². The summed E-state index contributed by atoms with van der Waals surface area (Å²) >= 11 is 0. The number of aliphatic carboxylic acids is 1. The Morgan fingerprint density at radius 1 is 1.12 bits per heavy atom. The molecule has 1 aromatic carbocycles. The van der Waals surface area contributed by atoms with Gasteiger partial charge in [-0.15, -0.1) is 4.25 Å². The van der Waals surface area contributed by atoms with Crippen molar-refractivity contribution in [2.45, 2.75) is 58.4 Å². The number of carbonyl (C=O) groups is 3. The van der Waals surface area contributed by atoms with E-state index in [0.717, 1.165) is 25.7 Å². The number of para-hydroxylation sites is 1. The SMILES string of the molecule is CCOP(=O)(OCC)[N+]1(CC(=O)O)C(=O)[C@@H](N(C)C(=O)C2CCCC2)CCc2ccccc21. The summed E-state index contributed by atoms with van der Waals surface area (Å²) in [5.74, 6) is -2.25. The van der Waals surface area contributed by atoms with E-state index in [0.29, 0.717) is 24.1 Å². The van der Waals surface area contributed by atoms with Crippen molar-refractivity contribution in [1.29, 1.82) is 0 Å². The van der Waals surface area contributed by atoms with Crippen molar-refractivity contribution in [3.8, 4) is 0 Å². The van der Waals surface area contributed by atoms with Crippen molar-refractivity contribution >= 4 is 31.2 Å². The highest BCUT2D eigenvalue weighted by molar-refractivity contribution is 7.54. The van der Waals surface area contributed by atoms with Gasteiger partial charge in [-0.2, -0.15) is 0 Å². The molecule has 1 N–H and O–H groups in total. The maximum atomic E-state index is 14.3. The highest BCUT2D eigenvalue weighted by Gasteiger charge is 2.64. The van der Waals surface area contributed by atoms with Crippen LogP contribution in [-0.4, -0.2) is 60.6 Å². The summed E-state index contributed by atoms with van der Waals surface area (Å²) in [6, 6.07) is 5.91. The molecule has 2 amide bonds. The standard InChI is InChI=1S/C23H33N2O7P/c1-4-31-33(30,32-5-2)25(16-21(26)27)20-13-9-8-10-17(20)14-15-19(23(25)29)24(3)22(28)18-11-6-7-12-18/h8-10,13,18-19H,4-7,11-12,14-16H2,1-3H3/p+1/t19-,25?/m0/s1. The summed E-state index contributed by atoms with van der Waals surface area (Å²) < 4.78 is 24.4. The number of carboxylic acid groups (broad SMARTS) is 1. The number of nitrogens with zero attached hydrogens (tertiary/aromatic N) is 2. The number of hydrogen-bond donors (Lipinski definition) is 1. The Bertz CT molecular complexity index is 936. The van der Waals surface area contributed by atoms with Crippen molar-refractivity contribution in [3.05, 3.63) is 29.8 Å². The minimum absolute atomic E-state index is 0.0339. The van der Waals surface area contributed by atoms with Gasteiger partial charge in [0, 0.05) is 24.6 Å². The molecule has 0 bridgehead atoms. The minimum atomic E-state index is -4.36. The van der Waals surface area contributed by atoms with Crippen molar-refractivity contribution in [3.63, 3.8) is 0 Å². The fourth-order valence-corrected chi connectivity index (χ4v) is 7.35. The van der Waals surface area contributed by atoms with Gasteiger partial charge in [-0.1, -0.05) is 31.0 Å². The van der Waals surface area contributed by atoms with Gasteiger partial charge in [0.2, 0.25) is 5.91 Å². The Balaban J connectivity index is 2.21. The van der Waals surface area contributed by atoms with Crippen LogP contribution in [0, 0.1) is 5.92 Å². The largest absolute Gasteiger partial charge is 0.544 e. The summed E-state index contributed by atoms with van der Waals surface area (Å²) in [5.41, 5.74) is 0.982. The first kappa shape index (κ1) is 25.6. The van der Waals surface area contributed by atoms with Crippen LogP contribution in [0.15, 0.2) is 24.3 Å². The molecule has 9 nitrogen and oxygen atoms in total. The lowest BCUT2D eigenvalue weighted by Crippen LogP contribution is -2.61. The van der Waals surface area contributed by atoms with Gasteiger partial charge in [0.05, 0.1) is 13.2 Å². The predicted molar refractivity (Wildman–Crippen MR) is 123 cm³/mol. The van der Waals surface area contributed by atoms with Gasteiger partial charge >= 0.3 is 19.6 Å². The summed E-state index contributed by atoms with van der Waals surface area (Å²) in [7, 11) is -2.77. The fraction of sp³-hybridized carbons (Fsp3) is 0.609. The van der Waals surface area contributed by atoms with Crippen LogP contribution < -0.4 is 4.25 Å². The Morgan fingerprint density at radius 3 is 2.30 bits per heavy atom. The lowest BCUT2D eigenvalue weighted by Gasteiger charge is -2.40. The lowest BCUT2D eigenvalue weighted by atomic mass is 10.0. The van der Waals surface area contributed by atoms with Gasteiger partial charge in [0.1, 0.15) is 6.04 Å². The Morgan fingerprint density at radius 2 is 1.73 bits per heavy atom. The number of benzene rings is 1. The number of likely N-dealkylation sites (N-methyl/N-ethyl adjacent to an activating group) is 1. The van der Waals surface area contributed by atoms with Crippen LogP contribution in [-0.2, 0) is 34.4 Å². The van der Waals surface area contributed by atoms with E-state index in [1.54, 1.807) is 45.2 Å². The van der Waals surface area contributed by atoms with Crippen LogP contribution in [0.2, 0.25) is 0 Å². The molecule has 33 heavy (non-hydrogen) atoms. The zero-order chi connectivity index (χ0) is 24.2. The molecule has 1 unspecified atom stereocenters. The van der Waals surface area contributed by atoms with Gasteiger partial charge in [0.25, 0.3) is 0 Å². The molecule has 0 aromatic heterocycles. The predicted octanol–water partition coefficient (Wildman–Crippen LogP) is 3.75. The van der Waals surface area contributed by atoms with Crippen LogP contribution in [0.25, 0.3) is 0 Å². The van der Waals surface area contributed by atoms with E-state index in [9.17, 15) is 24.1 Å². The molecular formula is C23H34N2O7P+. The van der Waals surface area contributed by atoms with E-state index < -0.39 is 36.5 Å². The average molecular weight is 482 g/mol. The van der Waals surface area contributed by atoms with Crippen molar-refractivity contribution in [2.24, 2.45) is 5.92 Å². The van der Waals surface area contributed by atoms with Gasteiger partial charge in [-0.25, -0.2) is 14.2 Å². The van der Waals surface area contributed by atoms with Crippen LogP contribution in [0.4, 0.5) is 5.69 Å². The van der Waals surface area contributed by atoms with Crippen LogP contribution in [0.1, 0.15) is 51.5 Å². The number of carboxylic acids is 1. The maximum absolute atomic E-state index is 14.3. The molecule has 2 atom stereocenters. The summed E-state index contributed by atoms with van der Waals surface area (Å²) in [5, 5.41) is 9.89. The van der Waals surface area contributed by atoms with Crippen molar-refractivity contribution < 1.29 is 33.1 Å². The van der Waals surface area contributed by atoms with Gasteiger partial charge < -0.3 is 10.0 Å². The van der Waals surface area contributed by atoms with E-state index in [1.165, 1.54) is 4.90 Å². The van der Waals surface area contributed by atoms with Gasteiger partial charge in [-0.3, -0.25) is 13.8 Å². The number of hydrogen-bond acceptors (Lipinski definition) is 6. The molecule has 2 aliphatic rings. The second kappa shape index (κ2) is 10.5. The quantitative estimate of drug-likeness (QED) is 0.535. The van der Waals surface area contributed by atoms with Crippen molar-refractivity contribution in [1.82, 2.24) is 9.15 Å². The first-order valence-corrected chi connectivity index (χ1v) is 13.1. The van der Waals surface area contributed by atoms with Gasteiger partial charge in [0.15, 0.2) is 12.2 Å². The van der Waals surface area contributed by atoms with E-state index >= 15 is 0 Å². The normalized spacial score (nSPS) is 23.7. The molecule has 1 aliphatic heterocycles. The fourth-order valence-electron chi connectivity index (χ4n) is 5.10. The van der Waals surface area contributed by atoms with E-state index in [4.69, 9.17) is 9.05 Å². The molecule has 0 radical (unpaired) electrons. The Labute approximate surface area is 194 Å². The summed E-state index contributed by atoms with van der Waals surface area (Å²) in [6.45, 7) is 2.35. The topological polar surface area (TPSA) is 110 Å². The molecular weight excluding hydrogens is 447 g/mol. The number of amides is 2. The highest BCUT2D eigenvalue weighted by Crippen LogP contribution is 2.62. The first-order chi connectivity index (χ1) is 15.7. The highest BCUT2D eigenvalue weighted by atomic mass is 31.2. The zero-order valence-corrected chi connectivity index (χ0v) is 20.5. The smallest absolute Gasteiger partial charge is 0.477 e. The first-order valence-electron chi connectivity index (χ1n) is 11.6. The molecule has 1 fully saturated rings. The minimum Gasteiger partial charge on any atom is -0.477 e. The monoisotopic (exact) mass is 481 g/mol. The third-order valence-corrected chi connectivity index (χ3v) is 9.17. The lowest BCUT2D eigenvalue weighted by molar-refractivity contribution is -0.147. The summed E-state index contributed by atoms with van der Waals surface area (Å²) in [6.07, 6.45) is 4.20. The van der Waals surface area contributed by atoms with E-state index in [1.807, 2.05) is 0 Å². The third kappa shape index (κ3) is 4.64. The molecule has 1 saturated carbocycles. The average Bonchev–Trinajstić information content (AvgIpc) is 3.28. The second-order valence-electron chi connectivity index (χ2n) is 8.58. The Hall–Kier alpha value is -2.06. The molecule has 1 heterocycles. The molecule has 0 saturated heterocycles. The molecule has 182 valence electrons. The zero-order valence-electron chi connectivity index (χ0n) is 19.6. The number of rotatable bonds is 9. The maximum Gasteiger partial charge on any atom is 0.544 e. The molecule has 3 rings (SSSR count). The number of aryl methyl sites for hydroxylation is 1. The van der Waals surface area contributed by atoms with Crippen molar-refractivity contribution in [2.75, 3.05) is 26.8 Å². The number of carbonyl (C=O) groups excluding carboxylic acids is 2. The molecule has 0 spiro atoms. The summed E-state index contributed by atoms with van der Waals surface area (Å²) in [4.78, 5) is 41.1. The van der Waals surface area contributed by atoms with E-state index in [-0.39, 0.29) is 25.0 Å². The molecule has 1 aliphatic carbocycles. The third-order valence-electron chi connectivity index (χ3n) is 6.61.